The monoisotopic (exact) mass is 787 g/mol. The Labute approximate surface area is 345 Å². The minimum Gasteiger partial charge on any atom is -0.497 e. The van der Waals surface area contributed by atoms with Crippen LogP contribution in [0.4, 0.5) is 4.79 Å². The number of methoxy groups -OCH3 is 1. The summed E-state index contributed by atoms with van der Waals surface area (Å²) in [6.45, 7) is 0.635. The summed E-state index contributed by atoms with van der Waals surface area (Å²) in [5.74, 6) is -1.14. The molecule has 0 saturated heterocycles. The number of carbonyl (C=O) groups is 3. The third-order valence-electron chi connectivity index (χ3n) is 11.1. The van der Waals surface area contributed by atoms with Gasteiger partial charge >= 0.3 is 12.1 Å². The van der Waals surface area contributed by atoms with E-state index in [1.54, 1.807) is 7.11 Å². The van der Waals surface area contributed by atoms with Crippen LogP contribution >= 0.6 is 0 Å². The van der Waals surface area contributed by atoms with Crippen molar-refractivity contribution in [3.8, 4) is 16.9 Å². The lowest BCUT2D eigenvalue weighted by Gasteiger charge is -2.37. The molecule has 6 aromatic carbocycles. The second-order valence-electron chi connectivity index (χ2n) is 14.7. The molecule has 0 fully saturated rings. The summed E-state index contributed by atoms with van der Waals surface area (Å²) in [5.41, 5.74) is 7.61. The van der Waals surface area contributed by atoms with Crippen LogP contribution in [0, 0.1) is 0 Å². The Morgan fingerprint density at radius 2 is 1.15 bits per heavy atom. The van der Waals surface area contributed by atoms with E-state index in [1.165, 1.54) is 0 Å². The number of ether oxygens (including phenoxy) is 2. The zero-order valence-corrected chi connectivity index (χ0v) is 33.1. The van der Waals surface area contributed by atoms with Gasteiger partial charge in [-0.2, -0.15) is 0 Å². The third kappa shape index (κ3) is 9.37. The number of unbranched alkanes of at least 4 members (excludes halogenated alkanes) is 1. The molecule has 300 valence electrons. The highest BCUT2D eigenvalue weighted by atomic mass is 16.5. The molecule has 4 N–H and O–H groups in total. The second kappa shape index (κ2) is 19.2. The van der Waals surface area contributed by atoms with Crippen LogP contribution in [0.15, 0.2) is 164 Å². The number of hydrogen-bond acceptors (Lipinski definition) is 6. The average molecular weight is 788 g/mol. The number of carbonyl (C=O) groups excluding carboxylic acids is 2. The summed E-state index contributed by atoms with van der Waals surface area (Å²) >= 11 is 0. The van der Waals surface area contributed by atoms with E-state index in [0.717, 1.165) is 50.3 Å². The first-order chi connectivity index (χ1) is 28.9. The zero-order valence-electron chi connectivity index (χ0n) is 33.1. The predicted octanol–water partition coefficient (Wildman–Crippen LogP) is 8.47. The molecule has 0 spiro atoms. The molecule has 0 radical (unpaired) electrons. The molecule has 0 aliphatic heterocycles. The molecule has 9 heteroatoms. The Morgan fingerprint density at radius 3 is 1.71 bits per heavy atom. The van der Waals surface area contributed by atoms with E-state index in [2.05, 4.69) is 64.5 Å². The summed E-state index contributed by atoms with van der Waals surface area (Å²) in [5, 5.41) is 19.6. The second-order valence-corrected chi connectivity index (χ2v) is 14.7. The molecular formula is C50H49N3O6. The van der Waals surface area contributed by atoms with Crippen molar-refractivity contribution in [3.63, 3.8) is 0 Å². The van der Waals surface area contributed by atoms with Crippen molar-refractivity contribution in [2.45, 2.75) is 49.2 Å². The molecular weight excluding hydrogens is 739 g/mol. The van der Waals surface area contributed by atoms with E-state index >= 15 is 0 Å². The number of aliphatic carboxylic acids is 1. The summed E-state index contributed by atoms with van der Waals surface area (Å²) in [6.07, 6.45) is 0.730. The Bertz CT molecular complexity index is 2230. The van der Waals surface area contributed by atoms with E-state index in [0.29, 0.717) is 19.4 Å². The van der Waals surface area contributed by atoms with E-state index in [1.807, 2.05) is 115 Å². The van der Waals surface area contributed by atoms with Crippen molar-refractivity contribution in [1.82, 2.24) is 16.0 Å². The molecule has 9 nitrogen and oxygen atoms in total. The topological polar surface area (TPSA) is 126 Å². The zero-order chi connectivity index (χ0) is 41.0. The fourth-order valence-electron chi connectivity index (χ4n) is 8.14. The van der Waals surface area contributed by atoms with Crippen LogP contribution in [0.1, 0.15) is 58.6 Å². The van der Waals surface area contributed by atoms with Crippen LogP contribution in [-0.2, 0) is 26.3 Å². The maximum absolute atomic E-state index is 13.9. The van der Waals surface area contributed by atoms with Crippen LogP contribution in [0.3, 0.4) is 0 Å². The van der Waals surface area contributed by atoms with Gasteiger partial charge in [-0.05, 0) is 82.4 Å². The minimum absolute atomic E-state index is 0.0830. The molecule has 2 atom stereocenters. The number of nitrogens with one attached hydrogen (secondary N) is 3. The highest BCUT2D eigenvalue weighted by molar-refractivity contribution is 5.89. The summed E-state index contributed by atoms with van der Waals surface area (Å²) < 4.78 is 11.2. The van der Waals surface area contributed by atoms with Gasteiger partial charge in [-0.3, -0.25) is 10.1 Å². The fraction of sp³-hybridized carbons (Fsp3) is 0.220. The molecule has 0 aromatic heterocycles. The van der Waals surface area contributed by atoms with Gasteiger partial charge in [0.1, 0.15) is 24.4 Å². The standard InChI is InChI=1S/C50H49N3O6/c1-58-39-30-28-38(29-31-39)50(36-19-7-3-8-20-36,37-21-9-4-10-22-37)51-32-16-15-27-45(48(55)56)52-47(54)46(33-35-17-5-2-6-18-35)53-49(57)59-34-44-42-25-13-11-23-40(42)41-24-12-14-26-43(41)44/h2-14,17-26,28-31,44-46,51H,15-16,27,32-34H2,1H3,(H,52,54)(H,53,57)(H,55,56)/t45-,46-/m0/s1. The number of rotatable bonds is 18. The molecule has 0 unspecified atom stereocenters. The SMILES string of the molecule is COc1ccc(C(NCCCC[C@H](NC(=O)[C@H](Cc2ccccc2)NC(=O)OCC2c3ccccc3-c3ccccc32)C(=O)O)(c2ccccc2)c2ccccc2)cc1. The first kappa shape index (κ1) is 40.5. The number of hydrogen-bond donors (Lipinski definition) is 4. The quantitative estimate of drug-likeness (QED) is 0.0509. The Balaban J connectivity index is 1.01. The van der Waals surface area contributed by atoms with Crippen molar-refractivity contribution in [2.75, 3.05) is 20.3 Å². The lowest BCUT2D eigenvalue weighted by Crippen LogP contribution is -2.52. The Kier molecular flexibility index (Phi) is 13.1. The molecule has 7 rings (SSSR count). The van der Waals surface area contributed by atoms with E-state index < -0.39 is 35.6 Å². The van der Waals surface area contributed by atoms with Gasteiger partial charge in [0.25, 0.3) is 0 Å². The van der Waals surface area contributed by atoms with Gasteiger partial charge in [-0.15, -0.1) is 0 Å². The van der Waals surface area contributed by atoms with Crippen molar-refractivity contribution < 1.29 is 29.0 Å². The van der Waals surface area contributed by atoms with Crippen LogP contribution in [-0.4, -0.2) is 55.4 Å². The minimum atomic E-state index is -1.17. The smallest absolute Gasteiger partial charge is 0.407 e. The van der Waals surface area contributed by atoms with E-state index in [-0.39, 0.29) is 25.4 Å². The van der Waals surface area contributed by atoms with E-state index in [4.69, 9.17) is 9.47 Å². The van der Waals surface area contributed by atoms with Gasteiger partial charge in [-0.25, -0.2) is 9.59 Å². The number of carboxylic acids is 1. The Hall–Kier alpha value is -6.71. The van der Waals surface area contributed by atoms with Gasteiger partial charge in [-0.1, -0.05) is 152 Å². The number of carboxylic acid groups (broad SMARTS) is 1. The lowest BCUT2D eigenvalue weighted by molar-refractivity contribution is -0.142. The van der Waals surface area contributed by atoms with Gasteiger partial charge < -0.3 is 25.2 Å². The molecule has 1 aliphatic carbocycles. The molecule has 0 saturated carbocycles. The lowest BCUT2D eigenvalue weighted by atomic mass is 9.77. The van der Waals surface area contributed by atoms with Gasteiger partial charge in [0.05, 0.1) is 12.6 Å². The molecule has 0 heterocycles. The third-order valence-corrected chi connectivity index (χ3v) is 11.1. The average Bonchev–Trinajstić information content (AvgIpc) is 3.60. The van der Waals surface area contributed by atoms with Gasteiger partial charge in [0.15, 0.2) is 0 Å². The maximum Gasteiger partial charge on any atom is 0.407 e. The Morgan fingerprint density at radius 1 is 0.627 bits per heavy atom. The van der Waals surface area contributed by atoms with Crippen molar-refractivity contribution in [2.24, 2.45) is 0 Å². The summed E-state index contributed by atoms with van der Waals surface area (Å²) in [7, 11) is 1.65. The van der Waals surface area contributed by atoms with E-state index in [9.17, 15) is 19.5 Å². The van der Waals surface area contributed by atoms with Gasteiger partial charge in [0, 0.05) is 12.3 Å². The number of alkyl carbamates (subject to hydrolysis) is 1. The van der Waals surface area contributed by atoms with Crippen LogP contribution in [0.2, 0.25) is 0 Å². The molecule has 1 aliphatic rings. The van der Waals surface area contributed by atoms with Gasteiger partial charge in [0.2, 0.25) is 5.91 Å². The molecule has 2 amide bonds. The molecule has 59 heavy (non-hydrogen) atoms. The first-order valence-electron chi connectivity index (χ1n) is 20.1. The number of fused-ring (bicyclic) bond motifs is 3. The van der Waals surface area contributed by atoms with Crippen LogP contribution in [0.5, 0.6) is 5.75 Å². The van der Waals surface area contributed by atoms with Crippen LogP contribution < -0.4 is 20.7 Å². The normalized spacial score (nSPS) is 13.0. The van der Waals surface area contributed by atoms with Crippen LogP contribution in [0.25, 0.3) is 11.1 Å². The summed E-state index contributed by atoms with van der Waals surface area (Å²) in [4.78, 5) is 39.8. The van der Waals surface area contributed by atoms with Crippen molar-refractivity contribution in [3.05, 3.63) is 197 Å². The highest BCUT2D eigenvalue weighted by Gasteiger charge is 2.36. The fourth-order valence-corrected chi connectivity index (χ4v) is 8.14. The van der Waals surface area contributed by atoms with Crippen molar-refractivity contribution in [1.29, 1.82) is 0 Å². The molecule has 6 aromatic rings. The maximum atomic E-state index is 13.9. The number of benzene rings is 6. The number of amides is 2. The first-order valence-corrected chi connectivity index (χ1v) is 20.1. The largest absolute Gasteiger partial charge is 0.497 e. The summed E-state index contributed by atoms with van der Waals surface area (Å²) in [6, 6.07) is 51.7. The molecule has 0 bridgehead atoms. The highest BCUT2D eigenvalue weighted by Crippen LogP contribution is 2.44. The predicted molar refractivity (Wildman–Crippen MR) is 229 cm³/mol. The van der Waals surface area contributed by atoms with Crippen molar-refractivity contribution >= 4 is 18.0 Å².